The molecule has 1 rings (SSSR count). The Kier molecular flexibility index (Phi) is 11.1. The Balaban J connectivity index is 0.00000122. The van der Waals surface area contributed by atoms with Gasteiger partial charge in [-0.1, -0.05) is 30.3 Å². The highest BCUT2D eigenvalue weighted by atomic mass is 16.3. The number of carbonyl (C=O) groups excluding carboxylic acids is 2. The van der Waals surface area contributed by atoms with Crippen molar-refractivity contribution in [2.45, 2.75) is 26.3 Å². The molecule has 1 unspecified atom stereocenters. The first kappa shape index (κ1) is 19.3. The van der Waals surface area contributed by atoms with Crippen LogP contribution in [0.4, 0.5) is 0 Å². The number of benzene rings is 1. The van der Waals surface area contributed by atoms with Crippen LogP contribution in [0.3, 0.4) is 0 Å². The van der Waals surface area contributed by atoms with E-state index < -0.39 is 5.92 Å². The second-order valence-electron chi connectivity index (χ2n) is 4.61. The molecular weight excluding hydrogens is 270 g/mol. The maximum absolute atomic E-state index is 12.1. The predicted molar refractivity (Wildman–Crippen MR) is 81.5 cm³/mol. The molecule has 5 nitrogen and oxygen atoms in total. The minimum Gasteiger partial charge on any atom is -0.397 e. The zero-order valence-electron chi connectivity index (χ0n) is 12.7. The van der Waals surface area contributed by atoms with Crippen LogP contribution in [0.25, 0.3) is 0 Å². The van der Waals surface area contributed by atoms with Crippen LogP contribution in [0.2, 0.25) is 0 Å². The van der Waals surface area contributed by atoms with Crippen molar-refractivity contribution in [2.24, 2.45) is 5.92 Å². The summed E-state index contributed by atoms with van der Waals surface area (Å²) in [6.45, 7) is 2.36. The predicted octanol–water partition coefficient (Wildman–Crippen LogP) is 1.23. The lowest BCUT2D eigenvalue weighted by Crippen LogP contribution is -2.33. The molecule has 0 radical (unpaired) electrons. The Morgan fingerprint density at radius 2 is 1.86 bits per heavy atom. The summed E-state index contributed by atoms with van der Waals surface area (Å²) in [5, 5.41) is 16.5. The first-order valence-electron chi connectivity index (χ1n) is 7.04. The summed E-state index contributed by atoms with van der Waals surface area (Å²) in [5.74, 6) is -0.513. The van der Waals surface area contributed by atoms with E-state index in [9.17, 15) is 9.59 Å². The van der Waals surface area contributed by atoms with Gasteiger partial charge in [0.15, 0.2) is 0 Å². The molecule has 0 aromatic heterocycles. The Morgan fingerprint density at radius 1 is 1.29 bits per heavy atom. The maximum atomic E-state index is 12.1. The fourth-order valence-corrected chi connectivity index (χ4v) is 1.86. The summed E-state index contributed by atoms with van der Waals surface area (Å²) >= 11 is 0. The van der Waals surface area contributed by atoms with Crippen LogP contribution >= 0.6 is 0 Å². The van der Waals surface area contributed by atoms with Gasteiger partial charge in [-0.25, -0.2) is 0 Å². The molecule has 0 spiro atoms. The Labute approximate surface area is 126 Å². The molecule has 118 valence electrons. The van der Waals surface area contributed by atoms with Crippen molar-refractivity contribution in [1.29, 1.82) is 0 Å². The van der Waals surface area contributed by atoms with Gasteiger partial charge in [0.05, 0.1) is 0 Å². The number of aliphatic hydroxyl groups is 2. The van der Waals surface area contributed by atoms with Crippen LogP contribution in [-0.2, 0) is 16.1 Å². The van der Waals surface area contributed by atoms with Crippen molar-refractivity contribution in [1.82, 2.24) is 4.90 Å². The van der Waals surface area contributed by atoms with Crippen LogP contribution < -0.4 is 0 Å². The molecule has 1 aromatic carbocycles. The number of carbonyl (C=O) groups is 2. The van der Waals surface area contributed by atoms with E-state index in [0.29, 0.717) is 13.0 Å². The first-order chi connectivity index (χ1) is 10.1. The first-order valence-corrected chi connectivity index (χ1v) is 7.04. The molecular formula is C16H25NO4. The van der Waals surface area contributed by atoms with Gasteiger partial charge in [0, 0.05) is 39.1 Å². The smallest absolute Gasteiger partial charge is 0.226 e. The van der Waals surface area contributed by atoms with Crippen molar-refractivity contribution in [3.8, 4) is 0 Å². The highest BCUT2D eigenvalue weighted by Crippen LogP contribution is 2.12. The standard InChI is InChI=1S/C14H19NO3.C2H6O/c1-15(11-12-5-3-2-4-6-12)14(18)13(7-9-16)8-10-17;1-2-3/h2-6,9,13,17H,7-8,10-11H2,1H3;3H,2H2,1H3. The van der Waals surface area contributed by atoms with E-state index in [1.807, 2.05) is 30.3 Å². The highest BCUT2D eigenvalue weighted by molar-refractivity contribution is 5.80. The van der Waals surface area contributed by atoms with Gasteiger partial charge in [0.25, 0.3) is 0 Å². The average Bonchev–Trinajstić information content (AvgIpc) is 2.48. The fraction of sp³-hybridized carbons (Fsp3) is 0.500. The summed E-state index contributed by atoms with van der Waals surface area (Å²) in [4.78, 5) is 24.2. The Bertz CT molecular complexity index is 395. The van der Waals surface area contributed by atoms with Crippen molar-refractivity contribution < 1.29 is 19.8 Å². The molecule has 0 saturated carbocycles. The van der Waals surface area contributed by atoms with E-state index in [1.165, 1.54) is 0 Å². The van der Waals surface area contributed by atoms with Gasteiger partial charge in [-0.2, -0.15) is 0 Å². The Morgan fingerprint density at radius 3 is 2.33 bits per heavy atom. The highest BCUT2D eigenvalue weighted by Gasteiger charge is 2.21. The lowest BCUT2D eigenvalue weighted by molar-refractivity contribution is -0.136. The van der Waals surface area contributed by atoms with Gasteiger partial charge < -0.3 is 19.9 Å². The van der Waals surface area contributed by atoms with Crippen LogP contribution in [0.15, 0.2) is 30.3 Å². The largest absolute Gasteiger partial charge is 0.397 e. The van der Waals surface area contributed by atoms with Gasteiger partial charge >= 0.3 is 0 Å². The molecule has 0 saturated heterocycles. The molecule has 5 heteroatoms. The zero-order valence-corrected chi connectivity index (χ0v) is 12.7. The molecule has 0 bridgehead atoms. The second kappa shape index (κ2) is 12.1. The van der Waals surface area contributed by atoms with Crippen molar-refractivity contribution >= 4 is 12.2 Å². The van der Waals surface area contributed by atoms with E-state index >= 15 is 0 Å². The van der Waals surface area contributed by atoms with Crippen molar-refractivity contribution in [3.05, 3.63) is 35.9 Å². The van der Waals surface area contributed by atoms with E-state index in [2.05, 4.69) is 0 Å². The molecule has 21 heavy (non-hydrogen) atoms. The van der Waals surface area contributed by atoms with Crippen LogP contribution in [0.5, 0.6) is 0 Å². The molecule has 0 heterocycles. The topological polar surface area (TPSA) is 77.8 Å². The number of aliphatic hydroxyl groups excluding tert-OH is 2. The maximum Gasteiger partial charge on any atom is 0.226 e. The normalized spacial score (nSPS) is 11.0. The van der Waals surface area contributed by atoms with Gasteiger partial charge in [-0.3, -0.25) is 4.79 Å². The number of hydrogen-bond donors (Lipinski definition) is 2. The quantitative estimate of drug-likeness (QED) is 0.742. The minimum absolute atomic E-state index is 0.0799. The third kappa shape index (κ3) is 8.22. The number of aldehydes is 1. The van der Waals surface area contributed by atoms with Gasteiger partial charge in [-0.15, -0.1) is 0 Å². The molecule has 0 aliphatic rings. The fourth-order valence-electron chi connectivity index (χ4n) is 1.86. The van der Waals surface area contributed by atoms with Crippen molar-refractivity contribution in [3.63, 3.8) is 0 Å². The van der Waals surface area contributed by atoms with Gasteiger partial charge in [-0.05, 0) is 18.9 Å². The molecule has 0 aliphatic heterocycles. The molecule has 0 fully saturated rings. The summed E-state index contributed by atoms with van der Waals surface area (Å²) in [6, 6.07) is 9.66. The van der Waals surface area contributed by atoms with Crippen molar-refractivity contribution in [2.75, 3.05) is 20.3 Å². The van der Waals surface area contributed by atoms with E-state index in [0.717, 1.165) is 11.8 Å². The van der Waals surface area contributed by atoms with Gasteiger partial charge in [0.1, 0.15) is 6.29 Å². The average molecular weight is 295 g/mol. The second-order valence-corrected chi connectivity index (χ2v) is 4.61. The molecule has 1 aromatic rings. The lowest BCUT2D eigenvalue weighted by Gasteiger charge is -2.22. The summed E-state index contributed by atoms with van der Waals surface area (Å²) in [6.07, 6.45) is 1.23. The summed E-state index contributed by atoms with van der Waals surface area (Å²) < 4.78 is 0. The Hall–Kier alpha value is -1.72. The molecule has 1 atom stereocenters. The van der Waals surface area contributed by atoms with E-state index in [1.54, 1.807) is 18.9 Å². The summed E-state index contributed by atoms with van der Waals surface area (Å²) in [5.41, 5.74) is 1.04. The minimum atomic E-state index is -0.416. The van der Waals surface area contributed by atoms with E-state index in [-0.39, 0.29) is 25.5 Å². The third-order valence-electron chi connectivity index (χ3n) is 2.85. The van der Waals surface area contributed by atoms with Crippen LogP contribution in [-0.4, -0.2) is 47.6 Å². The molecule has 2 N–H and O–H groups in total. The third-order valence-corrected chi connectivity index (χ3v) is 2.85. The van der Waals surface area contributed by atoms with Crippen LogP contribution in [0, 0.1) is 5.92 Å². The number of amides is 1. The van der Waals surface area contributed by atoms with Gasteiger partial charge in [0.2, 0.25) is 5.91 Å². The monoisotopic (exact) mass is 295 g/mol. The number of nitrogens with zero attached hydrogens (tertiary/aromatic N) is 1. The number of hydrogen-bond acceptors (Lipinski definition) is 4. The molecule has 0 aliphatic carbocycles. The zero-order chi connectivity index (χ0) is 16.1. The number of rotatable bonds is 7. The SMILES string of the molecule is CCO.CN(Cc1ccccc1)C(=O)C(CC=O)CCO. The lowest BCUT2D eigenvalue weighted by atomic mass is 10.0. The van der Waals surface area contributed by atoms with E-state index in [4.69, 9.17) is 10.2 Å². The van der Waals surface area contributed by atoms with Crippen LogP contribution in [0.1, 0.15) is 25.3 Å². The summed E-state index contributed by atoms with van der Waals surface area (Å²) in [7, 11) is 1.71. The molecule has 1 amide bonds.